The number of nitrogens with one attached hydrogen (secondary N) is 1. The Hall–Kier alpha value is -1.53. The summed E-state index contributed by atoms with van der Waals surface area (Å²) < 4.78 is 0. The van der Waals surface area contributed by atoms with E-state index in [2.05, 4.69) is 5.32 Å². The zero-order chi connectivity index (χ0) is 16.4. The molecule has 0 unspecified atom stereocenters. The number of piperidine rings is 1. The van der Waals surface area contributed by atoms with Crippen LogP contribution in [-0.2, 0) is 4.79 Å². The van der Waals surface area contributed by atoms with Crippen LogP contribution in [0.15, 0.2) is 29.2 Å². The molecule has 5 nitrogen and oxygen atoms in total. The molecule has 0 aromatic heterocycles. The first-order valence-electron chi connectivity index (χ1n) is 7.99. The van der Waals surface area contributed by atoms with E-state index in [1.807, 2.05) is 12.1 Å². The molecule has 0 radical (unpaired) electrons. The maximum Gasteiger partial charge on any atom is 0.336 e. The summed E-state index contributed by atoms with van der Waals surface area (Å²) in [6.07, 6.45) is 3.78. The number of carboxylic acid groups (broad SMARTS) is 2. The van der Waals surface area contributed by atoms with Gasteiger partial charge in [0.25, 0.3) is 0 Å². The van der Waals surface area contributed by atoms with Crippen LogP contribution in [-0.4, -0.2) is 40.0 Å². The fourth-order valence-corrected chi connectivity index (χ4v) is 5.14. The molecule has 124 valence electrons. The third-order valence-electron chi connectivity index (χ3n) is 4.97. The summed E-state index contributed by atoms with van der Waals surface area (Å²) in [5, 5.41) is 22.0. The normalized spacial score (nSPS) is 30.4. The van der Waals surface area contributed by atoms with Crippen molar-refractivity contribution < 1.29 is 19.8 Å². The summed E-state index contributed by atoms with van der Waals surface area (Å²) in [6.45, 7) is 0.782. The molecule has 1 aromatic carbocycles. The van der Waals surface area contributed by atoms with Gasteiger partial charge in [0.05, 0.1) is 5.56 Å². The molecule has 1 aromatic rings. The van der Waals surface area contributed by atoms with Crippen LogP contribution in [0.5, 0.6) is 0 Å². The molecular weight excluding hydrogens is 314 g/mol. The number of carboxylic acids is 2. The lowest BCUT2D eigenvalue weighted by atomic mass is 9.73. The lowest BCUT2D eigenvalue weighted by Gasteiger charge is -2.41. The van der Waals surface area contributed by atoms with Gasteiger partial charge >= 0.3 is 11.9 Å². The number of benzene rings is 1. The van der Waals surface area contributed by atoms with Crippen molar-refractivity contribution >= 4 is 23.7 Å². The molecule has 2 fully saturated rings. The predicted octanol–water partition coefficient (Wildman–Crippen LogP) is 2.71. The zero-order valence-corrected chi connectivity index (χ0v) is 13.6. The third kappa shape index (κ3) is 3.70. The Balaban J connectivity index is 1.67. The Bertz CT molecular complexity index is 606. The van der Waals surface area contributed by atoms with E-state index >= 15 is 0 Å². The highest BCUT2D eigenvalue weighted by atomic mass is 32.2. The Kier molecular flexibility index (Phi) is 4.92. The molecule has 1 saturated carbocycles. The van der Waals surface area contributed by atoms with Crippen molar-refractivity contribution in [2.24, 2.45) is 11.8 Å². The second-order valence-corrected chi connectivity index (χ2v) is 7.75. The van der Waals surface area contributed by atoms with Gasteiger partial charge in [-0.1, -0.05) is 12.1 Å². The van der Waals surface area contributed by atoms with Gasteiger partial charge in [-0.15, -0.1) is 11.8 Å². The van der Waals surface area contributed by atoms with Crippen molar-refractivity contribution in [1.29, 1.82) is 0 Å². The minimum absolute atomic E-state index is 0.355. The van der Waals surface area contributed by atoms with Crippen LogP contribution in [0.2, 0.25) is 0 Å². The SMILES string of the molecule is O=C(O)c1ccccc1S[C@H]1CC[C@H]2CN[C@H](C(=O)O)C[C@H]2C1. The van der Waals surface area contributed by atoms with Crippen molar-refractivity contribution in [2.45, 2.75) is 41.9 Å². The van der Waals surface area contributed by atoms with E-state index in [1.165, 1.54) is 0 Å². The summed E-state index contributed by atoms with van der Waals surface area (Å²) in [6, 6.07) is 6.68. The van der Waals surface area contributed by atoms with E-state index in [0.717, 1.165) is 30.7 Å². The lowest BCUT2D eigenvalue weighted by molar-refractivity contribution is -0.141. The number of thioether (sulfide) groups is 1. The van der Waals surface area contributed by atoms with E-state index in [-0.39, 0.29) is 0 Å². The number of carbonyl (C=O) groups is 2. The summed E-state index contributed by atoms with van der Waals surface area (Å²) >= 11 is 1.64. The number of hydrogen-bond acceptors (Lipinski definition) is 4. The number of aromatic carboxylic acids is 1. The van der Waals surface area contributed by atoms with Crippen molar-refractivity contribution in [1.82, 2.24) is 5.32 Å². The van der Waals surface area contributed by atoms with Gasteiger partial charge in [0.1, 0.15) is 6.04 Å². The van der Waals surface area contributed by atoms with Crippen molar-refractivity contribution in [3.63, 3.8) is 0 Å². The molecule has 2 aliphatic rings. The predicted molar refractivity (Wildman–Crippen MR) is 87.9 cm³/mol. The summed E-state index contributed by atoms with van der Waals surface area (Å²) in [7, 11) is 0. The molecule has 3 N–H and O–H groups in total. The number of fused-ring (bicyclic) bond motifs is 1. The number of hydrogen-bond donors (Lipinski definition) is 3. The van der Waals surface area contributed by atoms with Crippen LogP contribution >= 0.6 is 11.8 Å². The fraction of sp³-hybridized carbons (Fsp3) is 0.529. The van der Waals surface area contributed by atoms with E-state index in [9.17, 15) is 19.8 Å². The quantitative estimate of drug-likeness (QED) is 0.784. The first-order chi connectivity index (χ1) is 11.0. The Morgan fingerprint density at radius 3 is 2.61 bits per heavy atom. The van der Waals surface area contributed by atoms with E-state index in [0.29, 0.717) is 29.1 Å². The van der Waals surface area contributed by atoms with E-state index in [1.54, 1.807) is 23.9 Å². The molecule has 6 heteroatoms. The molecule has 1 aliphatic heterocycles. The van der Waals surface area contributed by atoms with Crippen LogP contribution in [0, 0.1) is 11.8 Å². The van der Waals surface area contributed by atoms with Gasteiger partial charge in [-0.2, -0.15) is 0 Å². The molecule has 0 bridgehead atoms. The van der Waals surface area contributed by atoms with Gasteiger partial charge in [0.2, 0.25) is 0 Å². The topological polar surface area (TPSA) is 86.6 Å². The smallest absolute Gasteiger partial charge is 0.336 e. The maximum atomic E-state index is 11.3. The van der Waals surface area contributed by atoms with Crippen LogP contribution in [0.4, 0.5) is 0 Å². The first-order valence-corrected chi connectivity index (χ1v) is 8.87. The largest absolute Gasteiger partial charge is 0.480 e. The van der Waals surface area contributed by atoms with Crippen LogP contribution in [0.25, 0.3) is 0 Å². The highest BCUT2D eigenvalue weighted by Crippen LogP contribution is 2.42. The third-order valence-corrected chi connectivity index (χ3v) is 6.34. The average Bonchev–Trinajstić information content (AvgIpc) is 2.54. The Morgan fingerprint density at radius 1 is 1.09 bits per heavy atom. The monoisotopic (exact) mass is 335 g/mol. The molecule has 1 heterocycles. The number of aliphatic carboxylic acids is 1. The standard InChI is InChI=1S/C17H21NO4S/c19-16(20)13-3-1-2-4-15(13)23-12-6-5-10-9-18-14(17(21)22)8-11(10)7-12/h1-4,10-12,14,18H,5-9H2,(H,19,20)(H,21,22)/t10-,11+,12-,14-/m0/s1. The van der Waals surface area contributed by atoms with Gasteiger partial charge in [-0.05, 0) is 56.2 Å². The first kappa shape index (κ1) is 16.3. The Labute approximate surface area is 139 Å². The lowest BCUT2D eigenvalue weighted by Crippen LogP contribution is -2.49. The van der Waals surface area contributed by atoms with Gasteiger partial charge < -0.3 is 15.5 Å². The zero-order valence-electron chi connectivity index (χ0n) is 12.8. The average molecular weight is 335 g/mol. The highest BCUT2D eigenvalue weighted by molar-refractivity contribution is 8.00. The van der Waals surface area contributed by atoms with Gasteiger partial charge in [-0.25, -0.2) is 4.79 Å². The second kappa shape index (κ2) is 6.93. The minimum Gasteiger partial charge on any atom is -0.480 e. The summed E-state index contributed by atoms with van der Waals surface area (Å²) in [4.78, 5) is 23.3. The van der Waals surface area contributed by atoms with Crippen molar-refractivity contribution in [2.75, 3.05) is 6.54 Å². The van der Waals surface area contributed by atoms with Crippen molar-refractivity contribution in [3.05, 3.63) is 29.8 Å². The van der Waals surface area contributed by atoms with E-state index in [4.69, 9.17) is 0 Å². The van der Waals surface area contributed by atoms with E-state index < -0.39 is 18.0 Å². The molecule has 23 heavy (non-hydrogen) atoms. The minimum atomic E-state index is -0.894. The van der Waals surface area contributed by atoms with Gasteiger partial charge in [-0.3, -0.25) is 4.79 Å². The van der Waals surface area contributed by atoms with Crippen LogP contribution < -0.4 is 5.32 Å². The van der Waals surface area contributed by atoms with Crippen LogP contribution in [0.3, 0.4) is 0 Å². The Morgan fingerprint density at radius 2 is 1.87 bits per heavy atom. The second-order valence-electron chi connectivity index (χ2n) is 6.41. The number of rotatable bonds is 4. The molecule has 0 spiro atoms. The molecular formula is C17H21NO4S. The maximum absolute atomic E-state index is 11.3. The van der Waals surface area contributed by atoms with Gasteiger partial charge in [0.15, 0.2) is 0 Å². The summed E-state index contributed by atoms with van der Waals surface area (Å²) in [5.74, 6) is -0.693. The molecule has 1 aliphatic carbocycles. The highest BCUT2D eigenvalue weighted by Gasteiger charge is 2.38. The van der Waals surface area contributed by atoms with Gasteiger partial charge in [0, 0.05) is 10.1 Å². The van der Waals surface area contributed by atoms with Crippen molar-refractivity contribution in [3.8, 4) is 0 Å². The molecule has 3 rings (SSSR count). The molecule has 1 saturated heterocycles. The summed E-state index contributed by atoms with van der Waals surface area (Å²) in [5.41, 5.74) is 0.355. The van der Waals surface area contributed by atoms with Crippen LogP contribution in [0.1, 0.15) is 36.0 Å². The fourth-order valence-electron chi connectivity index (χ4n) is 3.74. The molecule has 0 amide bonds. The molecule has 4 atom stereocenters.